The molecule has 1 saturated carbocycles. The number of anilines is 2. The van der Waals surface area contributed by atoms with Gasteiger partial charge in [-0.15, -0.1) is 0 Å². The van der Waals surface area contributed by atoms with E-state index in [-0.39, 0.29) is 5.54 Å². The van der Waals surface area contributed by atoms with Gasteiger partial charge in [0.25, 0.3) is 0 Å². The molecule has 0 saturated heterocycles. The first-order chi connectivity index (χ1) is 8.98. The van der Waals surface area contributed by atoms with Crippen LogP contribution in [0.4, 0.5) is 11.5 Å². The van der Waals surface area contributed by atoms with Gasteiger partial charge in [-0.3, -0.25) is 0 Å². The van der Waals surface area contributed by atoms with E-state index < -0.39 is 0 Å². The molecule has 19 heavy (non-hydrogen) atoms. The molecule has 0 atom stereocenters. The van der Waals surface area contributed by atoms with Gasteiger partial charge in [-0.25, -0.2) is 0 Å². The molecule has 5 nitrogen and oxygen atoms in total. The predicted octanol–water partition coefficient (Wildman–Crippen LogP) is 1.59. The predicted molar refractivity (Wildman–Crippen MR) is 78.7 cm³/mol. The zero-order valence-corrected chi connectivity index (χ0v) is 12.3. The number of pyridine rings is 1. The third-order valence-corrected chi connectivity index (χ3v) is 4.22. The fourth-order valence-corrected chi connectivity index (χ4v) is 2.67. The Bertz CT molecular complexity index is 443. The summed E-state index contributed by atoms with van der Waals surface area (Å²) in [7, 11) is 7.98. The minimum atomic E-state index is 0.283. The van der Waals surface area contributed by atoms with Crippen LogP contribution in [0.25, 0.3) is 0 Å². The Kier molecular flexibility index (Phi) is 3.85. The summed E-state index contributed by atoms with van der Waals surface area (Å²) in [6.07, 6.45) is 3.80. The van der Waals surface area contributed by atoms with Crippen LogP contribution in [0.5, 0.6) is 5.88 Å². The van der Waals surface area contributed by atoms with Crippen molar-refractivity contribution in [1.29, 1.82) is 0 Å². The third kappa shape index (κ3) is 2.61. The molecule has 0 aromatic carbocycles. The molecule has 0 amide bonds. The fourth-order valence-electron chi connectivity index (χ4n) is 2.67. The topological polar surface area (TPSA) is 54.6 Å². The lowest BCUT2D eigenvalue weighted by Gasteiger charge is -2.49. The first-order valence-electron chi connectivity index (χ1n) is 6.67. The van der Waals surface area contributed by atoms with Crippen LogP contribution in [0.1, 0.15) is 19.3 Å². The normalized spacial score (nSPS) is 17.1. The number of rotatable bonds is 5. The van der Waals surface area contributed by atoms with E-state index in [2.05, 4.69) is 35.9 Å². The zero-order chi connectivity index (χ0) is 14.0. The van der Waals surface area contributed by atoms with Crippen molar-refractivity contribution in [3.05, 3.63) is 12.1 Å². The highest BCUT2D eigenvalue weighted by atomic mass is 16.5. The maximum Gasteiger partial charge on any atom is 0.238 e. The minimum Gasteiger partial charge on any atom is -0.479 e. The fraction of sp³-hybridized carbons (Fsp3) is 0.643. The number of nitrogens with two attached hydrogens (primary N) is 1. The molecule has 1 heterocycles. The van der Waals surface area contributed by atoms with Crippen LogP contribution in [0, 0.1) is 0 Å². The molecule has 0 aliphatic heterocycles. The summed E-state index contributed by atoms with van der Waals surface area (Å²) < 4.78 is 5.18. The van der Waals surface area contributed by atoms with Crippen molar-refractivity contribution in [2.24, 2.45) is 0 Å². The Morgan fingerprint density at radius 1 is 1.32 bits per heavy atom. The Balaban J connectivity index is 2.13. The molecule has 2 N–H and O–H groups in total. The lowest BCUT2D eigenvalue weighted by atomic mass is 9.75. The second-order valence-electron chi connectivity index (χ2n) is 5.60. The van der Waals surface area contributed by atoms with Crippen molar-refractivity contribution in [3.63, 3.8) is 0 Å². The van der Waals surface area contributed by atoms with Crippen LogP contribution in [0.2, 0.25) is 0 Å². The lowest BCUT2D eigenvalue weighted by Crippen LogP contribution is -2.56. The molecular weight excluding hydrogens is 240 g/mol. The highest BCUT2D eigenvalue weighted by Gasteiger charge is 2.40. The molecule has 1 aliphatic rings. The van der Waals surface area contributed by atoms with Crippen molar-refractivity contribution in [3.8, 4) is 5.88 Å². The van der Waals surface area contributed by atoms with Gasteiger partial charge >= 0.3 is 0 Å². The maximum absolute atomic E-state index is 5.80. The second kappa shape index (κ2) is 5.25. The van der Waals surface area contributed by atoms with Crippen LogP contribution < -0.4 is 15.4 Å². The van der Waals surface area contributed by atoms with Gasteiger partial charge in [0.1, 0.15) is 5.82 Å². The molecule has 0 unspecified atom stereocenters. The number of nitrogens with zero attached hydrogens (tertiary/aromatic N) is 3. The van der Waals surface area contributed by atoms with Gasteiger partial charge in [-0.1, -0.05) is 0 Å². The third-order valence-electron chi connectivity index (χ3n) is 4.22. The van der Waals surface area contributed by atoms with Gasteiger partial charge in [-0.05, 0) is 45.5 Å². The van der Waals surface area contributed by atoms with Crippen molar-refractivity contribution in [2.75, 3.05) is 45.4 Å². The molecule has 1 fully saturated rings. The molecular formula is C14H24N4O. The van der Waals surface area contributed by atoms with Crippen molar-refractivity contribution >= 4 is 11.5 Å². The van der Waals surface area contributed by atoms with E-state index in [9.17, 15) is 0 Å². The lowest BCUT2D eigenvalue weighted by molar-refractivity contribution is 0.0681. The number of hydrogen-bond donors (Lipinski definition) is 1. The van der Waals surface area contributed by atoms with Gasteiger partial charge in [0.2, 0.25) is 5.88 Å². The Labute approximate surface area is 115 Å². The number of likely N-dealkylation sites (N-methyl/N-ethyl adjacent to an activating group) is 2. The van der Waals surface area contributed by atoms with Crippen molar-refractivity contribution in [1.82, 2.24) is 9.88 Å². The number of methoxy groups -OCH3 is 1. The highest BCUT2D eigenvalue weighted by molar-refractivity contribution is 5.54. The second-order valence-corrected chi connectivity index (χ2v) is 5.60. The number of ether oxygens (including phenoxy) is 1. The van der Waals surface area contributed by atoms with Gasteiger partial charge < -0.3 is 20.3 Å². The average Bonchev–Trinajstić information content (AvgIpc) is 2.33. The van der Waals surface area contributed by atoms with E-state index in [0.29, 0.717) is 11.6 Å². The van der Waals surface area contributed by atoms with Crippen LogP contribution >= 0.6 is 0 Å². The smallest absolute Gasteiger partial charge is 0.238 e. The Morgan fingerprint density at radius 3 is 2.47 bits per heavy atom. The molecule has 1 aromatic heterocycles. The van der Waals surface area contributed by atoms with Crippen molar-refractivity contribution in [2.45, 2.75) is 24.8 Å². The van der Waals surface area contributed by atoms with Crippen LogP contribution in [-0.2, 0) is 0 Å². The number of nitrogen functional groups attached to an aromatic ring is 1. The number of aromatic nitrogens is 1. The molecule has 1 aromatic rings. The largest absolute Gasteiger partial charge is 0.479 e. The van der Waals surface area contributed by atoms with Crippen LogP contribution in [0.15, 0.2) is 12.1 Å². The van der Waals surface area contributed by atoms with Gasteiger partial charge in [0, 0.05) is 19.1 Å². The van der Waals surface area contributed by atoms with Gasteiger partial charge in [-0.2, -0.15) is 4.98 Å². The first-order valence-corrected chi connectivity index (χ1v) is 6.67. The van der Waals surface area contributed by atoms with Crippen LogP contribution in [0.3, 0.4) is 0 Å². The van der Waals surface area contributed by atoms with Crippen molar-refractivity contribution < 1.29 is 4.74 Å². The van der Waals surface area contributed by atoms with E-state index in [1.807, 2.05) is 12.1 Å². The van der Waals surface area contributed by atoms with Crippen LogP contribution in [-0.4, -0.2) is 50.2 Å². The molecule has 1 aliphatic carbocycles. The van der Waals surface area contributed by atoms with E-state index in [1.54, 1.807) is 7.11 Å². The number of hydrogen-bond acceptors (Lipinski definition) is 5. The molecule has 5 heteroatoms. The molecule has 0 spiro atoms. The monoisotopic (exact) mass is 264 g/mol. The quantitative estimate of drug-likeness (QED) is 0.875. The zero-order valence-electron chi connectivity index (χ0n) is 12.3. The van der Waals surface area contributed by atoms with Gasteiger partial charge in [0.15, 0.2) is 0 Å². The standard InChI is InChI=1S/C14H24N4O/c1-17(2)14(8-5-9-14)10-18(3)12-7-6-11(15)13(16-12)19-4/h6-7H,5,8-10,15H2,1-4H3. The van der Waals surface area contributed by atoms with E-state index in [4.69, 9.17) is 10.5 Å². The Hall–Kier alpha value is -1.49. The molecule has 0 radical (unpaired) electrons. The summed E-state index contributed by atoms with van der Waals surface area (Å²) in [6.45, 7) is 0.972. The Morgan fingerprint density at radius 2 is 2.00 bits per heavy atom. The van der Waals surface area contributed by atoms with E-state index >= 15 is 0 Å². The highest BCUT2D eigenvalue weighted by Crippen LogP contribution is 2.37. The minimum absolute atomic E-state index is 0.283. The average molecular weight is 264 g/mol. The van der Waals surface area contributed by atoms with E-state index in [0.717, 1.165) is 12.4 Å². The summed E-state index contributed by atoms with van der Waals surface area (Å²) in [4.78, 5) is 8.97. The molecule has 0 bridgehead atoms. The summed E-state index contributed by atoms with van der Waals surface area (Å²) in [5.41, 5.74) is 6.66. The summed E-state index contributed by atoms with van der Waals surface area (Å²) in [6, 6.07) is 3.79. The maximum atomic E-state index is 5.80. The SMILES string of the molecule is COc1nc(N(C)CC2(N(C)C)CCC2)ccc1N. The summed E-state index contributed by atoms with van der Waals surface area (Å²) >= 11 is 0. The van der Waals surface area contributed by atoms with E-state index in [1.165, 1.54) is 19.3 Å². The molecule has 2 rings (SSSR count). The first kappa shape index (κ1) is 13.9. The van der Waals surface area contributed by atoms with Gasteiger partial charge in [0.05, 0.1) is 12.8 Å². The summed E-state index contributed by atoms with van der Waals surface area (Å²) in [5, 5.41) is 0. The molecule has 106 valence electrons. The summed E-state index contributed by atoms with van der Waals surface area (Å²) in [5.74, 6) is 1.40.